The Bertz CT molecular complexity index is 9730. The van der Waals surface area contributed by atoms with Crippen molar-refractivity contribution in [3.05, 3.63) is 552 Å². The highest BCUT2D eigenvalue weighted by molar-refractivity contribution is 6.13. The van der Waals surface area contributed by atoms with Gasteiger partial charge in [-0.15, -0.1) is 0 Å². The molecule has 0 aliphatic carbocycles. The van der Waals surface area contributed by atoms with E-state index in [4.69, 9.17) is 48.1 Å². The van der Waals surface area contributed by atoms with Crippen molar-refractivity contribution >= 4 is 117 Å². The van der Waals surface area contributed by atoms with E-state index in [1.165, 1.54) is 32.6 Å². The lowest BCUT2D eigenvalue weighted by atomic mass is 10.00. The van der Waals surface area contributed by atoms with Crippen molar-refractivity contribution in [2.24, 2.45) is 0 Å². The first-order valence-electron chi connectivity index (χ1n) is 50.0. The molecule has 0 unspecified atom stereocenters. The molecule has 17 aromatic carbocycles. The molecule has 13 heteroatoms. The van der Waals surface area contributed by atoms with Crippen LogP contribution in [-0.4, -0.2) is 48.6 Å². The summed E-state index contributed by atoms with van der Waals surface area (Å²) >= 11 is 0. The number of hydrogen-bond donors (Lipinski definition) is 0. The molecule has 0 spiro atoms. The van der Waals surface area contributed by atoms with Gasteiger partial charge in [0.15, 0.2) is 17.5 Å². The molecule has 0 bridgehead atoms. The van der Waals surface area contributed by atoms with Crippen LogP contribution in [0.3, 0.4) is 0 Å². The summed E-state index contributed by atoms with van der Waals surface area (Å²) in [6.07, 6.45) is 13.4. The van der Waals surface area contributed by atoms with E-state index in [0.717, 1.165) is 200 Å². The topological polar surface area (TPSA) is 144 Å². The van der Waals surface area contributed by atoms with Crippen LogP contribution in [0.1, 0.15) is 16.8 Å². The van der Waals surface area contributed by atoms with E-state index in [9.17, 15) is 0 Å². The van der Waals surface area contributed by atoms with Crippen LogP contribution in [0.4, 0.5) is 0 Å². The van der Waals surface area contributed by atoms with Gasteiger partial charge in [-0.1, -0.05) is 389 Å². The van der Waals surface area contributed by atoms with Crippen LogP contribution in [0.2, 0.25) is 0 Å². The molecule has 0 atom stereocenters. The molecule has 708 valence electrons. The Balaban J connectivity index is 0.000000116. The van der Waals surface area contributed by atoms with Crippen molar-refractivity contribution in [3.63, 3.8) is 0 Å². The summed E-state index contributed by atoms with van der Waals surface area (Å²) in [7, 11) is 0. The number of pyridine rings is 2. The lowest BCUT2D eigenvalue weighted by molar-refractivity contribution is 0.606. The molecule has 10 aromatic heterocycles. The van der Waals surface area contributed by atoms with E-state index in [0.29, 0.717) is 23.4 Å². The smallest absolute Gasteiger partial charge is 0.234 e. The van der Waals surface area contributed by atoms with Crippen LogP contribution in [-0.2, 0) is 0 Å². The zero-order valence-electron chi connectivity index (χ0n) is 81.4. The Hall–Kier alpha value is -20.4. The molecule has 0 fully saturated rings. The Morgan fingerprint density at radius 1 is 0.213 bits per heavy atom. The second-order valence-corrected chi connectivity index (χ2v) is 36.7. The number of para-hydroxylation sites is 6. The fourth-order valence-electron chi connectivity index (χ4n) is 20.1. The molecule has 0 aliphatic heterocycles. The molecule has 13 nitrogen and oxygen atoms in total. The minimum Gasteiger partial charge on any atom is -0.464 e. The summed E-state index contributed by atoms with van der Waals surface area (Å²) < 4.78 is 24.6. The highest BCUT2D eigenvalue weighted by Gasteiger charge is 2.23. The van der Waals surface area contributed by atoms with E-state index in [1.807, 2.05) is 188 Å². The predicted molar refractivity (Wildman–Crippen MR) is 617 cm³/mol. The Labute approximate surface area is 865 Å². The summed E-state index contributed by atoms with van der Waals surface area (Å²) in [5.74, 6) is 2.47. The van der Waals surface area contributed by atoms with Gasteiger partial charge in [-0.05, 0) is 190 Å². The first-order chi connectivity index (χ1) is 74.3. The van der Waals surface area contributed by atoms with E-state index in [2.05, 4.69) is 366 Å². The van der Waals surface area contributed by atoms with Crippen molar-refractivity contribution < 1.29 is 13.3 Å². The van der Waals surface area contributed by atoms with Crippen molar-refractivity contribution in [1.82, 2.24) is 48.6 Å². The molecule has 150 heavy (non-hydrogen) atoms. The predicted octanol–water partition coefficient (Wildman–Crippen LogP) is 35.8. The monoisotopic (exact) mass is 1920 g/mol. The number of aromatic nitrogens is 10. The number of nitrogens with zero attached hydrogens (tertiary/aromatic N) is 10. The molecule has 0 amide bonds. The molecular weight excluding hydrogens is 1830 g/mol. The van der Waals surface area contributed by atoms with E-state index in [1.54, 1.807) is 12.5 Å². The lowest BCUT2D eigenvalue weighted by Gasteiger charge is -2.12. The van der Waals surface area contributed by atoms with Gasteiger partial charge in [-0.3, -0.25) is 4.57 Å². The summed E-state index contributed by atoms with van der Waals surface area (Å²) in [5, 5.41) is 10.2. The van der Waals surface area contributed by atoms with Gasteiger partial charge >= 0.3 is 0 Å². The van der Waals surface area contributed by atoms with Crippen molar-refractivity contribution in [2.45, 2.75) is 0 Å². The second-order valence-electron chi connectivity index (χ2n) is 36.7. The molecule has 0 N–H and O–H groups in total. The van der Waals surface area contributed by atoms with Crippen LogP contribution in [0.25, 0.3) is 258 Å². The van der Waals surface area contributed by atoms with Gasteiger partial charge < -0.3 is 22.4 Å². The molecule has 0 saturated heterocycles. The van der Waals surface area contributed by atoms with Gasteiger partial charge in [0.25, 0.3) is 0 Å². The Morgan fingerprint density at radius 2 is 0.587 bits per heavy atom. The number of rotatable bonds is 17. The maximum atomic E-state index is 6.05. The molecule has 0 saturated carbocycles. The minimum atomic E-state index is 0.563. The summed E-state index contributed by atoms with van der Waals surface area (Å²) in [4.78, 5) is 34.9. The number of furan rings is 1. The average molecular weight is 1930 g/mol. The van der Waals surface area contributed by atoms with Crippen molar-refractivity contribution in [1.29, 1.82) is 0 Å². The second kappa shape index (κ2) is 40.8. The SMILES string of the molecule is C=Cc1c(/C=C/c2ccc3oc4ccccc4c3c2)c2ccccc2n1-c1ncc(-c2cc(-c3ccccc3)cc(-c3ccccc3)n2)cn1.c1ccc(-c2cc(-c3ccccc3)nc(-c3ccc(-n4c5ccccc5c5cc(-c6cccoc7ccccc7cc6)ccc54)cc3)c2)cc1.c1ccc(-c2nc(-c3ccccc3)nc(-c3cccc(-n4c5ccccc5c5cc(-c6cccoc7ccccc7cc6)ccc54)c3)n2)cc1. The third kappa shape index (κ3) is 18.4. The molecule has 27 rings (SSSR count). The maximum absolute atomic E-state index is 6.05. The Morgan fingerprint density at radius 3 is 1.09 bits per heavy atom. The van der Waals surface area contributed by atoms with Crippen molar-refractivity contribution in [3.8, 4) is 141 Å². The maximum Gasteiger partial charge on any atom is 0.234 e. The van der Waals surface area contributed by atoms with Crippen LogP contribution in [0, 0.1) is 0 Å². The van der Waals surface area contributed by atoms with Crippen LogP contribution in [0.5, 0.6) is 0 Å². The largest absolute Gasteiger partial charge is 0.464 e. The minimum absolute atomic E-state index is 0.563. The number of fused-ring (bicyclic) bond motifs is 12. The Kier molecular flexibility index (Phi) is 24.7. The molecule has 10 heterocycles. The zero-order valence-corrected chi connectivity index (χ0v) is 81.4. The molecule has 0 radical (unpaired) electrons. The van der Waals surface area contributed by atoms with E-state index < -0.39 is 0 Å². The van der Waals surface area contributed by atoms with E-state index >= 15 is 0 Å². The van der Waals surface area contributed by atoms with Crippen molar-refractivity contribution in [2.75, 3.05) is 0 Å². The summed E-state index contributed by atoms with van der Waals surface area (Å²) in [6, 6.07) is 174. The standard InChI is InChI=1S/C47H32N2O.2C45H30N4O/c1-3-12-33(13-4-1)39-31-43(35-14-5-2-6-15-35)48-44(32-39)36-23-26-40(27-24-36)49-45-19-9-8-18-41(45)42-30-38(25-28-46(42)49)34-17-11-29-50-47-20-10-7-16-37(47)22-21-34;1-3-14-33(15-4-1)43-46-44(34-16-5-2-6-17-34)48-45(47-43)36-18-11-20-37(29-36)49-40-22-9-8-21-38(40)39-30-35(26-27-41(39)49)31-19-12-28-50-42-23-10-7-13-32(42)25-24-31;1-2-41-36(23-21-30-22-24-44-38(25-30)37-18-10-12-20-43(37)50-44)35-17-9-11-19-42(35)49(41)45-46-28-34(29-47-45)40-27-33(31-13-5-3-6-14-31)26-39(48-40)32-15-7-4-8-16-32/h1-32H;1-30H;2-29H,1H2/b;;23-21+. The quantitative estimate of drug-likeness (QED) is 0.0864. The van der Waals surface area contributed by atoms with E-state index in [-0.39, 0.29) is 0 Å². The van der Waals surface area contributed by atoms with Gasteiger partial charge in [0.2, 0.25) is 5.95 Å². The summed E-state index contributed by atoms with van der Waals surface area (Å²) in [6.45, 7) is 4.21. The molecule has 0 aliphatic rings. The number of benzene rings is 17. The van der Waals surface area contributed by atoms with Gasteiger partial charge in [0.1, 0.15) is 22.3 Å². The lowest BCUT2D eigenvalue weighted by Crippen LogP contribution is -2.03. The third-order valence-corrected chi connectivity index (χ3v) is 27.4. The first-order valence-corrected chi connectivity index (χ1v) is 50.0. The fourth-order valence-corrected chi connectivity index (χ4v) is 20.1. The first kappa shape index (κ1) is 90.8. The average Bonchev–Trinajstić information content (AvgIpc) is 1.60. The highest BCUT2D eigenvalue weighted by Crippen LogP contribution is 2.43. The van der Waals surface area contributed by atoms with Crippen LogP contribution >= 0.6 is 0 Å². The van der Waals surface area contributed by atoms with Gasteiger partial charge in [-0.25, -0.2) is 34.9 Å². The van der Waals surface area contributed by atoms with Crippen LogP contribution < -0.4 is 0 Å². The molecule has 27 aromatic rings. The van der Waals surface area contributed by atoms with Gasteiger partial charge in [-0.2, -0.15) is 0 Å². The number of hydrogen-bond acceptors (Lipinski definition) is 10. The highest BCUT2D eigenvalue weighted by atomic mass is 16.3. The normalized spacial score (nSPS) is 11.3. The van der Waals surface area contributed by atoms with Gasteiger partial charge in [0.05, 0.1) is 68.6 Å². The third-order valence-electron chi connectivity index (χ3n) is 27.4. The fraction of sp³-hybridized carbons (Fsp3) is 0. The summed E-state index contributed by atoms with van der Waals surface area (Å²) in [5.41, 5.74) is 33.7. The molecular formula is C137H92N10O3. The zero-order chi connectivity index (χ0) is 100. The van der Waals surface area contributed by atoms with Crippen LogP contribution in [0.15, 0.2) is 548 Å². The van der Waals surface area contributed by atoms with Gasteiger partial charge in [0, 0.05) is 117 Å².